The monoisotopic (exact) mass is 623 g/mol. The molecular weight excluding hydrogens is 568 g/mol. The Kier molecular flexibility index (Phi) is 10.7. The van der Waals surface area contributed by atoms with Crippen LogP contribution in [-0.2, 0) is 9.59 Å². The third-order valence-corrected chi connectivity index (χ3v) is 11.5. The third kappa shape index (κ3) is 7.08. The van der Waals surface area contributed by atoms with Crippen LogP contribution in [0.2, 0.25) is 0 Å². The van der Waals surface area contributed by atoms with Crippen molar-refractivity contribution < 1.29 is 18.4 Å². The van der Waals surface area contributed by atoms with Gasteiger partial charge >= 0.3 is 0 Å². The normalized spacial score (nSPS) is 36.3. The van der Waals surface area contributed by atoms with Gasteiger partial charge in [-0.25, -0.2) is 8.78 Å². The van der Waals surface area contributed by atoms with Crippen molar-refractivity contribution in [1.29, 1.82) is 0 Å². The van der Waals surface area contributed by atoms with Crippen LogP contribution in [0, 0.1) is 17.8 Å². The van der Waals surface area contributed by atoms with Crippen LogP contribution in [0.15, 0.2) is 0 Å². The van der Waals surface area contributed by atoms with Gasteiger partial charge in [0.1, 0.15) is 12.3 Å². The van der Waals surface area contributed by atoms with Crippen LogP contribution in [0.4, 0.5) is 8.78 Å². The number of halogens is 2. The molecule has 0 aromatic rings. The van der Waals surface area contributed by atoms with Crippen molar-refractivity contribution in [2.45, 2.75) is 107 Å². The third-order valence-electron chi connectivity index (χ3n) is 11.5. The maximum Gasteiger partial charge on any atom is 0.229 e. The lowest BCUT2D eigenvalue weighted by atomic mass is 9.88. The van der Waals surface area contributed by atoms with Crippen molar-refractivity contribution in [2.75, 3.05) is 58.9 Å². The molecule has 11 nitrogen and oxygen atoms in total. The zero-order valence-electron chi connectivity index (χ0n) is 26.1. The lowest BCUT2D eigenvalue weighted by Crippen LogP contribution is -2.71. The Balaban J connectivity index is 1.03. The van der Waals surface area contributed by atoms with E-state index < -0.39 is 42.7 Å². The van der Waals surface area contributed by atoms with Crippen molar-refractivity contribution in [3.05, 3.63) is 0 Å². The fourth-order valence-corrected chi connectivity index (χ4v) is 8.89. The number of carbonyl (C=O) groups excluding carboxylic acids is 2. The molecule has 6 aliphatic rings. The number of carbonyl (C=O) groups is 2. The summed E-state index contributed by atoms with van der Waals surface area (Å²) in [6.07, 6.45) is 5.59. The summed E-state index contributed by atoms with van der Waals surface area (Å²) in [6.45, 7) is 5.97. The first kappa shape index (κ1) is 32.5. The minimum absolute atomic E-state index is 0.0309. The first-order valence-electron chi connectivity index (χ1n) is 17.4. The predicted octanol–water partition coefficient (Wildman–Crippen LogP) is -0.535. The molecule has 13 heteroatoms. The highest BCUT2D eigenvalue weighted by atomic mass is 19.1. The maximum atomic E-state index is 15.5. The summed E-state index contributed by atoms with van der Waals surface area (Å²) in [4.78, 5) is 33.7. The van der Waals surface area contributed by atoms with E-state index in [0.29, 0.717) is 38.5 Å². The fourth-order valence-electron chi connectivity index (χ4n) is 8.89. The van der Waals surface area contributed by atoms with E-state index in [4.69, 9.17) is 11.5 Å². The van der Waals surface area contributed by atoms with Crippen molar-refractivity contribution in [1.82, 2.24) is 36.0 Å². The Hall–Kier alpha value is -1.48. The number of nitrogens with one attached hydrogen (secondary N) is 4. The second kappa shape index (κ2) is 14.5. The van der Waals surface area contributed by atoms with E-state index in [9.17, 15) is 14.0 Å². The molecule has 1 saturated carbocycles. The van der Waals surface area contributed by atoms with Gasteiger partial charge in [0.25, 0.3) is 0 Å². The SMILES string of the molecule is NC(N)C(C(=O)NC1CNCC(F)C1N1CCC(C(=O)N2CC(N3CCCCC3)C2)CC1)C1NCC(F)C(C2CCCC2)N1. The summed E-state index contributed by atoms with van der Waals surface area (Å²) in [6, 6.07) is -0.828. The lowest BCUT2D eigenvalue weighted by molar-refractivity contribution is -0.145. The summed E-state index contributed by atoms with van der Waals surface area (Å²) in [7, 11) is 0. The molecule has 2 amide bonds. The van der Waals surface area contributed by atoms with Gasteiger partial charge in [-0.3, -0.25) is 30.0 Å². The summed E-state index contributed by atoms with van der Waals surface area (Å²) >= 11 is 0. The average molecular weight is 624 g/mol. The minimum Gasteiger partial charge on any atom is -0.350 e. The first-order chi connectivity index (χ1) is 21.3. The zero-order valence-corrected chi connectivity index (χ0v) is 26.1. The molecule has 5 heterocycles. The minimum atomic E-state index is -1.17. The topological polar surface area (TPSA) is 144 Å². The summed E-state index contributed by atoms with van der Waals surface area (Å²) in [5.41, 5.74) is 12.3. The van der Waals surface area contributed by atoms with Gasteiger partial charge in [0.15, 0.2) is 0 Å². The number of likely N-dealkylation sites (tertiary alicyclic amines) is 3. The Morgan fingerprint density at radius 3 is 2.20 bits per heavy atom. The van der Waals surface area contributed by atoms with Crippen LogP contribution in [-0.4, -0.2) is 134 Å². The van der Waals surface area contributed by atoms with E-state index in [2.05, 4.69) is 31.1 Å². The van der Waals surface area contributed by atoms with Gasteiger partial charge in [0.2, 0.25) is 11.8 Å². The molecule has 5 saturated heterocycles. The molecule has 0 aromatic heterocycles. The highest BCUT2D eigenvalue weighted by molar-refractivity contribution is 5.81. The molecule has 5 aliphatic heterocycles. The van der Waals surface area contributed by atoms with Crippen LogP contribution in [0.3, 0.4) is 0 Å². The molecular formula is C31H55F2N9O2. The van der Waals surface area contributed by atoms with E-state index in [1.54, 1.807) is 0 Å². The van der Waals surface area contributed by atoms with Gasteiger partial charge in [-0.2, -0.15) is 0 Å². The van der Waals surface area contributed by atoms with Gasteiger partial charge in [-0.05, 0) is 70.6 Å². The van der Waals surface area contributed by atoms with E-state index in [-0.39, 0.29) is 42.8 Å². The fraction of sp³-hybridized carbons (Fsp3) is 0.935. The molecule has 0 aromatic carbocycles. The van der Waals surface area contributed by atoms with Gasteiger partial charge < -0.3 is 27.0 Å². The zero-order chi connectivity index (χ0) is 30.8. The molecule has 44 heavy (non-hydrogen) atoms. The van der Waals surface area contributed by atoms with Gasteiger partial charge in [-0.15, -0.1) is 0 Å². The van der Waals surface area contributed by atoms with E-state index >= 15 is 4.39 Å². The highest BCUT2D eigenvalue weighted by Crippen LogP contribution is 2.32. The molecule has 0 bridgehead atoms. The van der Waals surface area contributed by atoms with Gasteiger partial charge in [0, 0.05) is 50.7 Å². The Labute approximate surface area is 260 Å². The number of piperidine rings is 3. The molecule has 1 aliphatic carbocycles. The number of nitrogens with zero attached hydrogens (tertiary/aromatic N) is 3. The number of hydrogen-bond donors (Lipinski definition) is 6. The number of rotatable bonds is 8. The van der Waals surface area contributed by atoms with Crippen molar-refractivity contribution >= 4 is 11.8 Å². The first-order valence-corrected chi connectivity index (χ1v) is 17.4. The van der Waals surface area contributed by atoms with E-state index in [0.717, 1.165) is 51.9 Å². The summed E-state index contributed by atoms with van der Waals surface area (Å²) in [5.74, 6) is -0.760. The average Bonchev–Trinajstić information content (AvgIpc) is 3.53. The molecule has 0 spiro atoms. The Morgan fingerprint density at radius 2 is 1.52 bits per heavy atom. The Bertz CT molecular complexity index is 968. The summed E-state index contributed by atoms with van der Waals surface area (Å²) in [5, 5.41) is 12.7. The standard InChI is InChI=1S/C31H55F2N9O2/c32-22-15-37-29(39-26(22)19-6-2-3-7-19)25(28(34)35)30(43)38-24-16-36-14-23(33)27(24)41-12-8-20(9-13-41)31(44)42-17-21(18-42)40-10-4-1-5-11-40/h19-29,36-37,39H,1-18,34-35H2,(H,38,43). The van der Waals surface area contributed by atoms with Crippen LogP contribution in [0.5, 0.6) is 0 Å². The number of alkyl halides is 2. The molecule has 0 radical (unpaired) electrons. The van der Waals surface area contributed by atoms with Crippen molar-refractivity contribution in [3.8, 4) is 0 Å². The van der Waals surface area contributed by atoms with E-state index in [1.807, 2.05) is 4.90 Å². The second-order valence-corrected chi connectivity index (χ2v) is 14.3. The predicted molar refractivity (Wildman–Crippen MR) is 165 cm³/mol. The molecule has 250 valence electrons. The summed E-state index contributed by atoms with van der Waals surface area (Å²) < 4.78 is 30.4. The number of hydrogen-bond acceptors (Lipinski definition) is 9. The van der Waals surface area contributed by atoms with Crippen LogP contribution >= 0.6 is 0 Å². The van der Waals surface area contributed by atoms with Gasteiger partial charge in [0.05, 0.1) is 30.3 Å². The lowest BCUT2D eigenvalue weighted by Gasteiger charge is -2.49. The molecule has 6 fully saturated rings. The second-order valence-electron chi connectivity index (χ2n) is 14.3. The number of nitrogens with two attached hydrogens (primary N) is 2. The van der Waals surface area contributed by atoms with Gasteiger partial charge in [-0.1, -0.05) is 19.3 Å². The quantitative estimate of drug-likeness (QED) is 0.197. The molecule has 8 N–H and O–H groups in total. The van der Waals surface area contributed by atoms with Crippen molar-refractivity contribution in [2.24, 2.45) is 29.2 Å². The van der Waals surface area contributed by atoms with Crippen LogP contribution < -0.4 is 32.7 Å². The smallest absolute Gasteiger partial charge is 0.229 e. The Morgan fingerprint density at radius 1 is 0.818 bits per heavy atom. The van der Waals surface area contributed by atoms with E-state index in [1.165, 1.54) is 19.3 Å². The van der Waals surface area contributed by atoms with Crippen LogP contribution in [0.1, 0.15) is 57.8 Å². The van der Waals surface area contributed by atoms with Crippen molar-refractivity contribution in [3.63, 3.8) is 0 Å². The number of amides is 2. The molecule has 6 rings (SSSR count). The molecule has 7 unspecified atom stereocenters. The maximum absolute atomic E-state index is 15.5. The highest BCUT2D eigenvalue weighted by Gasteiger charge is 2.46. The van der Waals surface area contributed by atoms with Crippen LogP contribution in [0.25, 0.3) is 0 Å². The molecule has 7 atom stereocenters. The largest absolute Gasteiger partial charge is 0.350 e.